The number of pyridine rings is 1. The number of nitrogens with one attached hydrogen (secondary N) is 1. The molecule has 1 fully saturated rings. The summed E-state index contributed by atoms with van der Waals surface area (Å²) < 4.78 is 5.43. The molecule has 1 aliphatic rings. The molecule has 3 N–H and O–H groups in total. The Bertz CT molecular complexity index is 771. The molecule has 0 spiro atoms. The number of benzene rings is 1. The monoisotopic (exact) mass is 381 g/mol. The van der Waals surface area contributed by atoms with Gasteiger partial charge in [-0.25, -0.2) is 0 Å². The second-order valence-electron chi connectivity index (χ2n) is 7.81. The fourth-order valence-electron chi connectivity index (χ4n) is 4.19. The number of hydrogen-bond acceptors (Lipinski definition) is 4. The number of aryl methyl sites for hydroxylation is 1. The molecule has 0 radical (unpaired) electrons. The summed E-state index contributed by atoms with van der Waals surface area (Å²) in [6, 6.07) is 11.8. The summed E-state index contributed by atoms with van der Waals surface area (Å²) >= 11 is 0. The van der Waals surface area contributed by atoms with Crippen molar-refractivity contribution in [1.29, 1.82) is 0 Å². The molecule has 1 unspecified atom stereocenters. The van der Waals surface area contributed by atoms with E-state index < -0.39 is 0 Å². The maximum atomic E-state index is 12.9. The number of methoxy groups -OCH3 is 1. The molecular formula is C23H31N3O2. The number of hydrogen-bond donors (Lipinski definition) is 2. The molecule has 1 heterocycles. The van der Waals surface area contributed by atoms with Gasteiger partial charge in [0, 0.05) is 11.8 Å². The van der Waals surface area contributed by atoms with Crippen molar-refractivity contribution in [2.75, 3.05) is 13.7 Å². The van der Waals surface area contributed by atoms with Crippen LogP contribution in [0.1, 0.15) is 48.5 Å². The molecule has 1 amide bonds. The highest BCUT2D eigenvalue weighted by atomic mass is 16.5. The minimum atomic E-state index is -0.0665. The van der Waals surface area contributed by atoms with Crippen molar-refractivity contribution in [3.05, 3.63) is 59.4 Å². The van der Waals surface area contributed by atoms with Gasteiger partial charge < -0.3 is 15.8 Å². The summed E-state index contributed by atoms with van der Waals surface area (Å²) in [5.74, 6) is 1.74. The number of rotatable bonds is 7. The molecule has 0 saturated heterocycles. The van der Waals surface area contributed by atoms with E-state index in [2.05, 4.69) is 10.3 Å². The van der Waals surface area contributed by atoms with Crippen LogP contribution in [0.25, 0.3) is 0 Å². The van der Waals surface area contributed by atoms with E-state index >= 15 is 0 Å². The Hall–Kier alpha value is -2.40. The first-order valence-electron chi connectivity index (χ1n) is 10.1. The van der Waals surface area contributed by atoms with Gasteiger partial charge in [-0.05, 0) is 69.2 Å². The van der Waals surface area contributed by atoms with Crippen molar-refractivity contribution >= 4 is 5.91 Å². The highest BCUT2D eigenvalue weighted by molar-refractivity contribution is 5.79. The number of nitrogens with two attached hydrogens (primary N) is 1. The molecular weight excluding hydrogens is 350 g/mol. The van der Waals surface area contributed by atoms with E-state index in [0.717, 1.165) is 54.8 Å². The summed E-state index contributed by atoms with van der Waals surface area (Å²) in [5, 5.41) is 3.27. The minimum Gasteiger partial charge on any atom is -0.496 e. The first-order valence-corrected chi connectivity index (χ1v) is 10.1. The maximum Gasteiger partial charge on any atom is 0.225 e. The van der Waals surface area contributed by atoms with Crippen LogP contribution in [0.5, 0.6) is 5.75 Å². The molecule has 5 nitrogen and oxygen atoms in total. The lowest BCUT2D eigenvalue weighted by atomic mass is 9.77. The zero-order chi connectivity index (χ0) is 19.9. The summed E-state index contributed by atoms with van der Waals surface area (Å²) in [6.07, 6.45) is 6.46. The number of nitrogens with zero attached hydrogens (tertiary/aromatic N) is 1. The number of ether oxygens (including phenoxy) is 1. The molecule has 1 aromatic carbocycles. The molecule has 28 heavy (non-hydrogen) atoms. The predicted octanol–water partition coefficient (Wildman–Crippen LogP) is 3.56. The van der Waals surface area contributed by atoms with Crippen LogP contribution < -0.4 is 15.8 Å². The predicted molar refractivity (Wildman–Crippen MR) is 111 cm³/mol. The Balaban J connectivity index is 1.74. The second kappa shape index (κ2) is 9.69. The first-order chi connectivity index (χ1) is 13.6. The Morgan fingerprint density at radius 2 is 2.04 bits per heavy atom. The van der Waals surface area contributed by atoms with Crippen LogP contribution in [0.15, 0.2) is 42.6 Å². The van der Waals surface area contributed by atoms with Crippen molar-refractivity contribution < 1.29 is 9.53 Å². The molecule has 150 valence electrons. The fraction of sp³-hybridized carbons (Fsp3) is 0.478. The number of carbonyl (C=O) groups excluding carboxylic acids is 1. The highest BCUT2D eigenvalue weighted by Gasteiger charge is 2.30. The third kappa shape index (κ3) is 5.10. The zero-order valence-corrected chi connectivity index (χ0v) is 16.9. The van der Waals surface area contributed by atoms with Crippen LogP contribution in [0.3, 0.4) is 0 Å². The van der Waals surface area contributed by atoms with Gasteiger partial charge in [-0.1, -0.05) is 23.8 Å². The van der Waals surface area contributed by atoms with Crippen LogP contribution in [-0.4, -0.2) is 24.5 Å². The third-order valence-corrected chi connectivity index (χ3v) is 5.81. The van der Waals surface area contributed by atoms with Gasteiger partial charge in [0.1, 0.15) is 5.75 Å². The number of aromatic nitrogens is 1. The van der Waals surface area contributed by atoms with Crippen molar-refractivity contribution in [1.82, 2.24) is 10.3 Å². The molecule has 0 bridgehead atoms. The second-order valence-corrected chi connectivity index (χ2v) is 7.81. The highest BCUT2D eigenvalue weighted by Crippen LogP contribution is 2.36. The minimum absolute atomic E-state index is 0.000464. The average Bonchev–Trinajstić information content (AvgIpc) is 2.73. The molecule has 1 aliphatic carbocycles. The van der Waals surface area contributed by atoms with Crippen molar-refractivity contribution in [3.63, 3.8) is 0 Å². The fourth-order valence-corrected chi connectivity index (χ4v) is 4.19. The topological polar surface area (TPSA) is 77.2 Å². The van der Waals surface area contributed by atoms with E-state index in [4.69, 9.17) is 10.5 Å². The van der Waals surface area contributed by atoms with Gasteiger partial charge in [0.15, 0.2) is 0 Å². The van der Waals surface area contributed by atoms with Crippen LogP contribution >= 0.6 is 0 Å². The Morgan fingerprint density at radius 3 is 2.68 bits per heavy atom. The van der Waals surface area contributed by atoms with Gasteiger partial charge >= 0.3 is 0 Å². The summed E-state index contributed by atoms with van der Waals surface area (Å²) in [7, 11) is 1.64. The van der Waals surface area contributed by atoms with E-state index in [1.165, 1.54) is 0 Å². The smallest absolute Gasteiger partial charge is 0.225 e. The standard InChI is InChI=1S/C23H31N3O2/c1-16-6-11-21(28-2)19(13-16)14-22(27)26-23(20-5-3-4-12-25-20)18-9-7-17(15-24)8-10-18/h3-6,11-13,17-18,23H,7-10,14-15,24H2,1-2H3,(H,26,27). The molecule has 2 aromatic rings. The lowest BCUT2D eigenvalue weighted by molar-refractivity contribution is -0.121. The van der Waals surface area contributed by atoms with Crippen LogP contribution in [-0.2, 0) is 11.2 Å². The van der Waals surface area contributed by atoms with E-state index in [0.29, 0.717) is 18.3 Å². The van der Waals surface area contributed by atoms with Crippen molar-refractivity contribution in [2.45, 2.75) is 45.1 Å². The van der Waals surface area contributed by atoms with Gasteiger partial charge in [-0.3, -0.25) is 9.78 Å². The Labute approximate surface area is 167 Å². The molecule has 0 aliphatic heterocycles. The first kappa shape index (κ1) is 20.3. The van der Waals surface area contributed by atoms with Crippen LogP contribution in [0.4, 0.5) is 0 Å². The van der Waals surface area contributed by atoms with Crippen molar-refractivity contribution in [2.24, 2.45) is 17.6 Å². The van der Waals surface area contributed by atoms with Crippen molar-refractivity contribution in [3.8, 4) is 5.75 Å². The van der Waals surface area contributed by atoms with Crippen LogP contribution in [0.2, 0.25) is 0 Å². The molecule has 5 heteroatoms. The summed E-state index contributed by atoms with van der Waals surface area (Å²) in [4.78, 5) is 17.5. The molecule has 1 aromatic heterocycles. The van der Waals surface area contributed by atoms with Gasteiger partial charge in [0.2, 0.25) is 5.91 Å². The van der Waals surface area contributed by atoms with Crippen LogP contribution in [0, 0.1) is 18.8 Å². The SMILES string of the molecule is COc1ccc(C)cc1CC(=O)NC(c1ccccn1)C1CCC(CN)CC1. The van der Waals surface area contributed by atoms with Gasteiger partial charge in [-0.2, -0.15) is 0 Å². The Kier molecular flexibility index (Phi) is 7.04. The largest absolute Gasteiger partial charge is 0.496 e. The van der Waals surface area contributed by atoms with E-state index in [9.17, 15) is 4.79 Å². The Morgan fingerprint density at radius 1 is 1.25 bits per heavy atom. The zero-order valence-electron chi connectivity index (χ0n) is 16.9. The average molecular weight is 382 g/mol. The van der Waals surface area contributed by atoms with Gasteiger partial charge in [0.05, 0.1) is 25.3 Å². The van der Waals surface area contributed by atoms with Gasteiger partial charge in [-0.15, -0.1) is 0 Å². The molecule has 1 saturated carbocycles. The van der Waals surface area contributed by atoms with E-state index in [1.54, 1.807) is 13.3 Å². The number of amides is 1. The molecule has 1 atom stereocenters. The quantitative estimate of drug-likeness (QED) is 0.769. The maximum absolute atomic E-state index is 12.9. The summed E-state index contributed by atoms with van der Waals surface area (Å²) in [5.41, 5.74) is 8.81. The lowest BCUT2D eigenvalue weighted by Gasteiger charge is -2.33. The summed E-state index contributed by atoms with van der Waals surface area (Å²) in [6.45, 7) is 2.77. The van der Waals surface area contributed by atoms with Gasteiger partial charge in [0.25, 0.3) is 0 Å². The lowest BCUT2D eigenvalue weighted by Crippen LogP contribution is -2.37. The van der Waals surface area contributed by atoms with E-state index in [1.807, 2.05) is 43.3 Å². The molecule has 3 rings (SSSR count). The third-order valence-electron chi connectivity index (χ3n) is 5.81. The van der Waals surface area contributed by atoms with E-state index in [-0.39, 0.29) is 11.9 Å². The normalized spacial score (nSPS) is 20.4. The number of carbonyl (C=O) groups is 1.